The van der Waals surface area contributed by atoms with Crippen LogP contribution in [0.3, 0.4) is 0 Å². The van der Waals surface area contributed by atoms with E-state index >= 15 is 0 Å². The molecular formula is C14H19NO3. The number of amides is 1. The van der Waals surface area contributed by atoms with Crippen molar-refractivity contribution in [3.8, 4) is 5.75 Å². The van der Waals surface area contributed by atoms with Gasteiger partial charge in [0.15, 0.2) is 0 Å². The summed E-state index contributed by atoms with van der Waals surface area (Å²) in [5.74, 6) is 0.835. The van der Waals surface area contributed by atoms with Crippen LogP contribution in [-0.2, 0) is 16.0 Å². The van der Waals surface area contributed by atoms with Crippen LogP contribution in [0, 0.1) is 5.92 Å². The van der Waals surface area contributed by atoms with Gasteiger partial charge in [0.05, 0.1) is 6.61 Å². The first kappa shape index (κ1) is 12.9. The maximum atomic E-state index is 11.8. The second-order valence-corrected chi connectivity index (χ2v) is 4.78. The standard InChI is InChI=1S/C14H19NO3/c1-18-6-5-15-10-12(9-14(15)17)7-11-3-2-4-13(16)8-11/h2-4,8,12,16H,5-7,9-10H2,1H3. The van der Waals surface area contributed by atoms with E-state index in [9.17, 15) is 9.90 Å². The van der Waals surface area contributed by atoms with Crippen molar-refractivity contribution in [1.82, 2.24) is 4.90 Å². The molecule has 1 aromatic rings. The van der Waals surface area contributed by atoms with E-state index in [1.54, 1.807) is 19.2 Å². The molecule has 1 heterocycles. The van der Waals surface area contributed by atoms with Crippen LogP contribution in [0.5, 0.6) is 5.75 Å². The molecule has 4 nitrogen and oxygen atoms in total. The number of benzene rings is 1. The maximum Gasteiger partial charge on any atom is 0.223 e. The van der Waals surface area contributed by atoms with Crippen molar-refractivity contribution in [2.24, 2.45) is 5.92 Å². The third kappa shape index (κ3) is 3.23. The molecule has 98 valence electrons. The summed E-state index contributed by atoms with van der Waals surface area (Å²) in [6, 6.07) is 7.25. The van der Waals surface area contributed by atoms with E-state index in [-0.39, 0.29) is 11.7 Å². The van der Waals surface area contributed by atoms with Gasteiger partial charge in [-0.3, -0.25) is 4.79 Å². The third-order valence-corrected chi connectivity index (χ3v) is 3.29. The largest absolute Gasteiger partial charge is 0.508 e. The van der Waals surface area contributed by atoms with Crippen molar-refractivity contribution in [1.29, 1.82) is 0 Å². The molecule has 1 fully saturated rings. The smallest absolute Gasteiger partial charge is 0.223 e. The van der Waals surface area contributed by atoms with Gasteiger partial charge in [-0.05, 0) is 30.0 Å². The van der Waals surface area contributed by atoms with Crippen LogP contribution < -0.4 is 0 Å². The van der Waals surface area contributed by atoms with Gasteiger partial charge in [-0.2, -0.15) is 0 Å². The highest BCUT2D eigenvalue weighted by Gasteiger charge is 2.29. The van der Waals surface area contributed by atoms with Crippen LogP contribution in [0.25, 0.3) is 0 Å². The molecule has 4 heteroatoms. The Morgan fingerprint density at radius 2 is 2.33 bits per heavy atom. The summed E-state index contributed by atoms with van der Waals surface area (Å²) in [5.41, 5.74) is 1.08. The van der Waals surface area contributed by atoms with Gasteiger partial charge in [-0.15, -0.1) is 0 Å². The minimum Gasteiger partial charge on any atom is -0.508 e. The van der Waals surface area contributed by atoms with E-state index in [1.165, 1.54) is 0 Å². The fourth-order valence-corrected chi connectivity index (χ4v) is 2.43. The van der Waals surface area contributed by atoms with Gasteiger partial charge in [-0.1, -0.05) is 12.1 Å². The quantitative estimate of drug-likeness (QED) is 0.858. The summed E-state index contributed by atoms with van der Waals surface area (Å²) in [6.45, 7) is 2.05. The van der Waals surface area contributed by atoms with Crippen LogP contribution in [0.15, 0.2) is 24.3 Å². The predicted octanol–water partition coefficient (Wildman–Crippen LogP) is 1.43. The molecule has 1 aliphatic heterocycles. The normalized spacial score (nSPS) is 19.5. The molecule has 1 N–H and O–H groups in total. The van der Waals surface area contributed by atoms with Crippen LogP contribution in [0.4, 0.5) is 0 Å². The van der Waals surface area contributed by atoms with Gasteiger partial charge in [0.1, 0.15) is 5.75 Å². The lowest BCUT2D eigenvalue weighted by Crippen LogP contribution is -2.28. The molecule has 2 rings (SSSR count). The first-order valence-electron chi connectivity index (χ1n) is 6.23. The predicted molar refractivity (Wildman–Crippen MR) is 68.4 cm³/mol. The number of hydrogen-bond donors (Lipinski definition) is 1. The Labute approximate surface area is 107 Å². The first-order valence-corrected chi connectivity index (χ1v) is 6.23. The van der Waals surface area contributed by atoms with Crippen LogP contribution in [0.2, 0.25) is 0 Å². The lowest BCUT2D eigenvalue weighted by atomic mass is 9.98. The highest BCUT2D eigenvalue weighted by molar-refractivity contribution is 5.78. The van der Waals surface area contributed by atoms with Crippen LogP contribution in [0.1, 0.15) is 12.0 Å². The van der Waals surface area contributed by atoms with E-state index in [0.717, 1.165) is 18.5 Å². The number of aromatic hydroxyl groups is 1. The van der Waals surface area contributed by atoms with E-state index in [2.05, 4.69) is 0 Å². The lowest BCUT2D eigenvalue weighted by Gasteiger charge is -2.15. The number of carbonyl (C=O) groups excluding carboxylic acids is 1. The lowest BCUT2D eigenvalue weighted by molar-refractivity contribution is -0.128. The Balaban J connectivity index is 1.90. The summed E-state index contributed by atoms with van der Waals surface area (Å²) in [6.07, 6.45) is 1.43. The number of phenols is 1. The zero-order valence-electron chi connectivity index (χ0n) is 10.6. The van der Waals surface area contributed by atoms with E-state index < -0.39 is 0 Å². The fraction of sp³-hybridized carbons (Fsp3) is 0.500. The highest BCUT2D eigenvalue weighted by Crippen LogP contribution is 2.23. The number of phenolic OH excluding ortho intramolecular Hbond substituents is 1. The zero-order valence-corrected chi connectivity index (χ0v) is 10.6. The van der Waals surface area contributed by atoms with Crippen molar-refractivity contribution in [3.05, 3.63) is 29.8 Å². The third-order valence-electron chi connectivity index (χ3n) is 3.29. The molecule has 0 bridgehead atoms. The maximum absolute atomic E-state index is 11.8. The number of ether oxygens (including phenoxy) is 1. The SMILES string of the molecule is COCCN1CC(Cc2cccc(O)c2)CC1=O. The molecule has 0 spiro atoms. The van der Waals surface area contributed by atoms with Gasteiger partial charge in [0.25, 0.3) is 0 Å². The summed E-state index contributed by atoms with van der Waals surface area (Å²) in [5, 5.41) is 9.41. The van der Waals surface area contributed by atoms with Crippen molar-refractivity contribution in [3.63, 3.8) is 0 Å². The Kier molecular flexibility index (Phi) is 4.20. The minimum atomic E-state index is 0.206. The average molecular weight is 249 g/mol. The molecule has 1 saturated heterocycles. The van der Waals surface area contributed by atoms with Gasteiger partial charge in [-0.25, -0.2) is 0 Å². The van der Waals surface area contributed by atoms with Gasteiger partial charge in [0, 0.05) is 26.6 Å². The number of likely N-dealkylation sites (tertiary alicyclic amines) is 1. The molecule has 0 saturated carbocycles. The van der Waals surface area contributed by atoms with Crippen molar-refractivity contribution in [2.75, 3.05) is 26.8 Å². The molecule has 1 aromatic carbocycles. The van der Waals surface area contributed by atoms with Gasteiger partial charge >= 0.3 is 0 Å². The van der Waals surface area contributed by atoms with E-state index in [0.29, 0.717) is 25.5 Å². The summed E-state index contributed by atoms with van der Waals surface area (Å²) in [7, 11) is 1.64. The Bertz CT molecular complexity index is 419. The number of methoxy groups -OCH3 is 1. The molecule has 18 heavy (non-hydrogen) atoms. The molecular weight excluding hydrogens is 230 g/mol. The van der Waals surface area contributed by atoms with Gasteiger partial charge in [0.2, 0.25) is 5.91 Å². The highest BCUT2D eigenvalue weighted by atomic mass is 16.5. The monoisotopic (exact) mass is 249 g/mol. The van der Waals surface area contributed by atoms with Crippen molar-refractivity contribution < 1.29 is 14.6 Å². The minimum absolute atomic E-state index is 0.206. The second-order valence-electron chi connectivity index (χ2n) is 4.78. The van der Waals surface area contributed by atoms with E-state index in [4.69, 9.17) is 4.74 Å². The number of hydrogen-bond acceptors (Lipinski definition) is 3. The molecule has 0 aliphatic carbocycles. The Hall–Kier alpha value is -1.55. The zero-order chi connectivity index (χ0) is 13.0. The molecule has 1 aliphatic rings. The van der Waals surface area contributed by atoms with Gasteiger partial charge < -0.3 is 14.7 Å². The summed E-state index contributed by atoms with van der Waals surface area (Å²) < 4.78 is 4.99. The van der Waals surface area contributed by atoms with Crippen LogP contribution >= 0.6 is 0 Å². The first-order chi connectivity index (χ1) is 8.69. The van der Waals surface area contributed by atoms with E-state index in [1.807, 2.05) is 17.0 Å². The number of rotatable bonds is 5. The Morgan fingerprint density at radius 1 is 1.50 bits per heavy atom. The summed E-state index contributed by atoms with van der Waals surface area (Å²) in [4.78, 5) is 13.6. The van der Waals surface area contributed by atoms with Crippen LogP contribution in [-0.4, -0.2) is 42.7 Å². The Morgan fingerprint density at radius 3 is 3.06 bits per heavy atom. The summed E-state index contributed by atoms with van der Waals surface area (Å²) >= 11 is 0. The number of carbonyl (C=O) groups is 1. The fourth-order valence-electron chi connectivity index (χ4n) is 2.43. The molecule has 1 unspecified atom stereocenters. The van der Waals surface area contributed by atoms with Crippen molar-refractivity contribution >= 4 is 5.91 Å². The molecule has 0 radical (unpaired) electrons. The molecule has 1 amide bonds. The molecule has 1 atom stereocenters. The second kappa shape index (κ2) is 5.87. The average Bonchev–Trinajstić information content (AvgIpc) is 2.67. The van der Waals surface area contributed by atoms with Crippen molar-refractivity contribution in [2.45, 2.75) is 12.8 Å². The topological polar surface area (TPSA) is 49.8 Å². The number of nitrogens with zero attached hydrogens (tertiary/aromatic N) is 1. The molecule has 0 aromatic heterocycles.